The van der Waals surface area contributed by atoms with Crippen molar-refractivity contribution in [3.05, 3.63) is 0 Å². The first-order valence-corrected chi connectivity index (χ1v) is 7.89. The van der Waals surface area contributed by atoms with Gasteiger partial charge in [0.2, 0.25) is 0 Å². The van der Waals surface area contributed by atoms with Crippen molar-refractivity contribution in [2.45, 2.75) is 60.0 Å². The number of esters is 1. The highest BCUT2D eigenvalue weighted by Crippen LogP contribution is 2.35. The number of rotatable bonds is 6. The topological polar surface area (TPSA) is 29.5 Å². The van der Waals surface area contributed by atoms with Gasteiger partial charge in [0.15, 0.2) is 0 Å². The molecule has 112 valence electrons. The Bertz CT molecular complexity index is 274. The third-order valence-corrected chi connectivity index (χ3v) is 4.49. The molecule has 0 saturated heterocycles. The number of nitrogens with zero attached hydrogens (tertiary/aromatic N) is 1. The normalized spacial score (nSPS) is 27.8. The third kappa shape index (κ3) is 5.13. The van der Waals surface area contributed by atoms with Crippen LogP contribution in [0.15, 0.2) is 0 Å². The van der Waals surface area contributed by atoms with Crippen molar-refractivity contribution in [1.82, 2.24) is 4.90 Å². The monoisotopic (exact) mass is 269 g/mol. The Morgan fingerprint density at radius 2 is 1.89 bits per heavy atom. The van der Waals surface area contributed by atoms with Crippen molar-refractivity contribution < 1.29 is 9.53 Å². The highest BCUT2D eigenvalue weighted by atomic mass is 16.5. The van der Waals surface area contributed by atoms with Crippen LogP contribution in [0, 0.1) is 17.8 Å². The number of likely N-dealkylation sites (N-methyl/N-ethyl adjacent to an activating group) is 1. The van der Waals surface area contributed by atoms with E-state index in [1.807, 2.05) is 0 Å². The molecule has 0 spiro atoms. The van der Waals surface area contributed by atoms with Gasteiger partial charge < -0.3 is 4.74 Å². The van der Waals surface area contributed by atoms with Crippen LogP contribution in [0.1, 0.15) is 53.9 Å². The zero-order valence-corrected chi connectivity index (χ0v) is 13.3. The molecule has 0 aromatic rings. The summed E-state index contributed by atoms with van der Waals surface area (Å²) in [5, 5.41) is 0. The standard InChI is InChI=1S/C16H31NO2/c1-6-17(7-2)11-16(18)19-15-10-13(5)8-9-14(15)12(3)4/h12-15H,6-11H2,1-5H3/t13-,14+,15?/m1/s1. The Kier molecular flexibility index (Phi) is 6.84. The Morgan fingerprint density at radius 3 is 2.42 bits per heavy atom. The molecule has 1 saturated carbocycles. The maximum atomic E-state index is 12.1. The molecule has 1 fully saturated rings. The Labute approximate surface area is 118 Å². The van der Waals surface area contributed by atoms with Crippen molar-refractivity contribution in [2.24, 2.45) is 17.8 Å². The van der Waals surface area contributed by atoms with Crippen molar-refractivity contribution in [2.75, 3.05) is 19.6 Å². The summed E-state index contributed by atoms with van der Waals surface area (Å²) in [6.45, 7) is 13.1. The molecule has 19 heavy (non-hydrogen) atoms. The number of carbonyl (C=O) groups excluding carboxylic acids is 1. The van der Waals surface area contributed by atoms with Crippen LogP contribution in [0.3, 0.4) is 0 Å². The van der Waals surface area contributed by atoms with Gasteiger partial charge in [0.25, 0.3) is 0 Å². The van der Waals surface area contributed by atoms with Crippen molar-refractivity contribution in [1.29, 1.82) is 0 Å². The molecular formula is C16H31NO2. The first-order valence-electron chi connectivity index (χ1n) is 7.89. The average Bonchev–Trinajstić information content (AvgIpc) is 2.35. The lowest BCUT2D eigenvalue weighted by atomic mass is 9.75. The maximum absolute atomic E-state index is 12.1. The van der Waals surface area contributed by atoms with E-state index in [0.29, 0.717) is 24.3 Å². The van der Waals surface area contributed by atoms with Gasteiger partial charge in [0.1, 0.15) is 6.10 Å². The van der Waals surface area contributed by atoms with Crippen LogP contribution in [0.5, 0.6) is 0 Å². The van der Waals surface area contributed by atoms with E-state index in [2.05, 4.69) is 39.5 Å². The van der Waals surface area contributed by atoms with Crippen LogP contribution >= 0.6 is 0 Å². The SMILES string of the molecule is CCN(CC)CC(=O)OC1C[C@H](C)CC[C@H]1C(C)C. The summed E-state index contributed by atoms with van der Waals surface area (Å²) in [6, 6.07) is 0. The van der Waals surface area contributed by atoms with Crippen LogP contribution in [0.25, 0.3) is 0 Å². The predicted octanol–water partition coefficient (Wildman–Crippen LogP) is 3.33. The summed E-state index contributed by atoms with van der Waals surface area (Å²) >= 11 is 0. The molecule has 0 heterocycles. The fourth-order valence-electron chi connectivity index (χ4n) is 3.09. The van der Waals surface area contributed by atoms with E-state index in [-0.39, 0.29) is 12.1 Å². The zero-order valence-electron chi connectivity index (χ0n) is 13.3. The van der Waals surface area contributed by atoms with Crippen LogP contribution in [-0.2, 0) is 9.53 Å². The largest absolute Gasteiger partial charge is 0.461 e. The van der Waals surface area contributed by atoms with Gasteiger partial charge in [-0.2, -0.15) is 0 Å². The Balaban J connectivity index is 2.53. The molecule has 3 atom stereocenters. The lowest BCUT2D eigenvalue weighted by molar-refractivity contribution is -0.157. The van der Waals surface area contributed by atoms with E-state index in [1.54, 1.807) is 0 Å². The van der Waals surface area contributed by atoms with E-state index in [1.165, 1.54) is 12.8 Å². The average molecular weight is 269 g/mol. The van der Waals surface area contributed by atoms with Gasteiger partial charge in [-0.25, -0.2) is 0 Å². The molecule has 1 unspecified atom stereocenters. The molecule has 3 nitrogen and oxygen atoms in total. The van der Waals surface area contributed by atoms with Gasteiger partial charge >= 0.3 is 5.97 Å². The Hall–Kier alpha value is -0.570. The molecule has 0 aliphatic heterocycles. The number of carbonyl (C=O) groups is 1. The van der Waals surface area contributed by atoms with E-state index in [0.717, 1.165) is 19.5 Å². The highest BCUT2D eigenvalue weighted by Gasteiger charge is 2.33. The smallest absolute Gasteiger partial charge is 0.320 e. The molecule has 0 aromatic heterocycles. The summed E-state index contributed by atoms with van der Waals surface area (Å²) < 4.78 is 5.79. The molecule has 0 N–H and O–H groups in total. The van der Waals surface area contributed by atoms with Crippen LogP contribution in [-0.4, -0.2) is 36.6 Å². The summed E-state index contributed by atoms with van der Waals surface area (Å²) in [5.41, 5.74) is 0. The van der Waals surface area contributed by atoms with Gasteiger partial charge in [-0.3, -0.25) is 9.69 Å². The van der Waals surface area contributed by atoms with Gasteiger partial charge in [0, 0.05) is 0 Å². The Morgan fingerprint density at radius 1 is 1.26 bits per heavy atom. The minimum absolute atomic E-state index is 0.0477. The van der Waals surface area contributed by atoms with Gasteiger partial charge in [-0.1, -0.05) is 41.0 Å². The molecule has 1 aliphatic rings. The van der Waals surface area contributed by atoms with Crippen LogP contribution < -0.4 is 0 Å². The zero-order chi connectivity index (χ0) is 14.4. The van der Waals surface area contributed by atoms with Crippen molar-refractivity contribution in [3.63, 3.8) is 0 Å². The second-order valence-corrected chi connectivity index (χ2v) is 6.32. The van der Waals surface area contributed by atoms with Crippen molar-refractivity contribution >= 4 is 5.97 Å². The quantitative estimate of drug-likeness (QED) is 0.693. The lowest BCUT2D eigenvalue weighted by Gasteiger charge is -2.37. The number of hydrogen-bond acceptors (Lipinski definition) is 3. The highest BCUT2D eigenvalue weighted by molar-refractivity contribution is 5.71. The van der Waals surface area contributed by atoms with Crippen LogP contribution in [0.4, 0.5) is 0 Å². The molecule has 0 aromatic carbocycles. The van der Waals surface area contributed by atoms with E-state index in [9.17, 15) is 4.79 Å². The fourth-order valence-corrected chi connectivity index (χ4v) is 3.09. The second-order valence-electron chi connectivity index (χ2n) is 6.32. The van der Waals surface area contributed by atoms with Gasteiger partial charge in [0.05, 0.1) is 6.54 Å². The summed E-state index contributed by atoms with van der Waals surface area (Å²) in [4.78, 5) is 14.2. The summed E-state index contributed by atoms with van der Waals surface area (Å²) in [6.07, 6.45) is 3.63. The van der Waals surface area contributed by atoms with Crippen LogP contribution in [0.2, 0.25) is 0 Å². The minimum atomic E-state index is -0.0477. The third-order valence-electron chi connectivity index (χ3n) is 4.49. The number of ether oxygens (including phenoxy) is 1. The van der Waals surface area contributed by atoms with Gasteiger partial charge in [-0.05, 0) is 43.7 Å². The molecule has 0 amide bonds. The molecule has 1 aliphatic carbocycles. The molecule has 0 bridgehead atoms. The summed E-state index contributed by atoms with van der Waals surface area (Å²) in [5.74, 6) is 1.77. The maximum Gasteiger partial charge on any atom is 0.320 e. The molecule has 1 rings (SSSR count). The first kappa shape index (κ1) is 16.5. The number of hydrogen-bond donors (Lipinski definition) is 0. The van der Waals surface area contributed by atoms with E-state index >= 15 is 0 Å². The lowest BCUT2D eigenvalue weighted by Crippen LogP contribution is -2.39. The second kappa shape index (κ2) is 7.88. The van der Waals surface area contributed by atoms with Gasteiger partial charge in [-0.15, -0.1) is 0 Å². The molecular weight excluding hydrogens is 238 g/mol. The molecule has 3 heteroatoms. The van der Waals surface area contributed by atoms with Crippen molar-refractivity contribution in [3.8, 4) is 0 Å². The van der Waals surface area contributed by atoms with E-state index < -0.39 is 0 Å². The minimum Gasteiger partial charge on any atom is -0.461 e. The molecule has 0 radical (unpaired) electrons. The first-order chi connectivity index (χ1) is 8.97. The predicted molar refractivity (Wildman–Crippen MR) is 79.0 cm³/mol. The van der Waals surface area contributed by atoms with E-state index in [4.69, 9.17) is 4.74 Å². The fraction of sp³-hybridized carbons (Fsp3) is 0.938. The summed E-state index contributed by atoms with van der Waals surface area (Å²) in [7, 11) is 0.